The Morgan fingerprint density at radius 1 is 1.29 bits per heavy atom. The Morgan fingerprint density at radius 3 is 2.52 bits per heavy atom. The molecule has 1 rings (SSSR count). The average Bonchev–Trinajstić information content (AvgIpc) is 2.38. The fourth-order valence-electron chi connectivity index (χ4n) is 1.78. The summed E-state index contributed by atoms with van der Waals surface area (Å²) in [4.78, 5) is 38.1. The Hall–Kier alpha value is -2.09. The molecular weight excluding hydrogens is 276 g/mol. The number of esters is 1. The lowest BCUT2D eigenvalue weighted by Crippen LogP contribution is -2.47. The third-order valence-electron chi connectivity index (χ3n) is 2.91. The first-order chi connectivity index (χ1) is 9.85. The second kappa shape index (κ2) is 7.63. The molecule has 0 saturated heterocycles. The van der Waals surface area contributed by atoms with Crippen molar-refractivity contribution in [3.05, 3.63) is 11.3 Å². The van der Waals surface area contributed by atoms with Crippen molar-refractivity contribution in [3.63, 3.8) is 0 Å². The van der Waals surface area contributed by atoms with Crippen molar-refractivity contribution in [1.29, 1.82) is 0 Å². The van der Waals surface area contributed by atoms with Gasteiger partial charge in [-0.2, -0.15) is 0 Å². The van der Waals surface area contributed by atoms with Crippen molar-refractivity contribution in [2.45, 2.75) is 6.92 Å². The van der Waals surface area contributed by atoms with Crippen LogP contribution in [0.1, 0.15) is 6.92 Å². The number of rotatable bonds is 6. The molecule has 0 bridgehead atoms. The molecule has 8 heteroatoms. The number of hydrogen-bond donors (Lipinski definition) is 2. The maximum Gasteiger partial charge on any atom is 0.337 e. The zero-order chi connectivity index (χ0) is 16.0. The van der Waals surface area contributed by atoms with Crippen LogP contribution in [0.2, 0.25) is 0 Å². The van der Waals surface area contributed by atoms with Gasteiger partial charge in [0.15, 0.2) is 0 Å². The second-order valence-electron chi connectivity index (χ2n) is 4.95. The van der Waals surface area contributed by atoms with Crippen LogP contribution in [0, 0.1) is 0 Å². The van der Waals surface area contributed by atoms with Crippen molar-refractivity contribution >= 4 is 17.9 Å². The normalized spacial score (nSPS) is 14.6. The van der Waals surface area contributed by atoms with Gasteiger partial charge < -0.3 is 20.3 Å². The van der Waals surface area contributed by atoms with Crippen LogP contribution in [0.4, 0.5) is 4.79 Å². The molecule has 8 nitrogen and oxygen atoms in total. The number of carbonyl (C=O) groups excluding carboxylic acids is 3. The summed E-state index contributed by atoms with van der Waals surface area (Å²) >= 11 is 0. The molecule has 0 fully saturated rings. The van der Waals surface area contributed by atoms with Crippen LogP contribution in [0.15, 0.2) is 11.3 Å². The van der Waals surface area contributed by atoms with Gasteiger partial charge in [-0.25, -0.2) is 9.59 Å². The number of hydrogen-bond acceptors (Lipinski definition) is 5. The molecule has 0 aromatic heterocycles. The number of urea groups is 1. The Labute approximate surface area is 124 Å². The minimum absolute atomic E-state index is 0.0592. The van der Waals surface area contributed by atoms with Crippen LogP contribution in [0.25, 0.3) is 0 Å². The van der Waals surface area contributed by atoms with Gasteiger partial charge in [-0.1, -0.05) is 0 Å². The third-order valence-corrected chi connectivity index (χ3v) is 2.91. The van der Waals surface area contributed by atoms with Gasteiger partial charge in [0.25, 0.3) is 0 Å². The molecular formula is C13H22N4O4. The molecule has 2 N–H and O–H groups in total. The van der Waals surface area contributed by atoms with Crippen LogP contribution in [-0.2, 0) is 14.3 Å². The number of nitrogens with zero attached hydrogens (tertiary/aromatic N) is 2. The van der Waals surface area contributed by atoms with Gasteiger partial charge in [-0.15, -0.1) is 0 Å². The van der Waals surface area contributed by atoms with E-state index in [2.05, 4.69) is 10.6 Å². The van der Waals surface area contributed by atoms with E-state index in [-0.39, 0.29) is 38.2 Å². The highest BCUT2D eigenvalue weighted by molar-refractivity contribution is 5.93. The maximum atomic E-state index is 11.9. The van der Waals surface area contributed by atoms with Gasteiger partial charge in [0.2, 0.25) is 5.91 Å². The van der Waals surface area contributed by atoms with Crippen LogP contribution in [0.3, 0.4) is 0 Å². The van der Waals surface area contributed by atoms with Crippen molar-refractivity contribution in [2.75, 3.05) is 47.4 Å². The van der Waals surface area contributed by atoms with Crippen molar-refractivity contribution in [2.24, 2.45) is 0 Å². The molecule has 0 spiro atoms. The molecule has 0 atom stereocenters. The SMILES string of the molecule is CCOC(=O)C1=C(CN(C)CC(=O)N(C)C)NC(=O)NC1. The number of likely N-dealkylation sites (N-methyl/N-ethyl adjacent to an activating group) is 2. The largest absolute Gasteiger partial charge is 0.463 e. The molecule has 0 aliphatic carbocycles. The van der Waals surface area contributed by atoms with E-state index in [0.29, 0.717) is 11.3 Å². The predicted molar refractivity (Wildman–Crippen MR) is 76.4 cm³/mol. The molecule has 1 aliphatic heterocycles. The van der Waals surface area contributed by atoms with E-state index in [4.69, 9.17) is 4.74 Å². The summed E-state index contributed by atoms with van der Waals surface area (Å²) in [6.07, 6.45) is 0. The molecule has 1 heterocycles. The van der Waals surface area contributed by atoms with Crippen molar-refractivity contribution in [1.82, 2.24) is 20.4 Å². The highest BCUT2D eigenvalue weighted by atomic mass is 16.5. The topological polar surface area (TPSA) is 91.0 Å². The van der Waals surface area contributed by atoms with Crippen LogP contribution in [0.5, 0.6) is 0 Å². The lowest BCUT2D eigenvalue weighted by atomic mass is 10.1. The molecule has 0 aromatic rings. The summed E-state index contributed by atoms with van der Waals surface area (Å²) in [5, 5.41) is 5.13. The van der Waals surface area contributed by atoms with Crippen molar-refractivity contribution < 1.29 is 19.1 Å². The van der Waals surface area contributed by atoms with E-state index in [9.17, 15) is 14.4 Å². The quantitative estimate of drug-likeness (QED) is 0.623. The maximum absolute atomic E-state index is 11.9. The summed E-state index contributed by atoms with van der Waals surface area (Å²) in [5.74, 6) is -0.525. The molecule has 1 aliphatic rings. The summed E-state index contributed by atoms with van der Waals surface area (Å²) in [6.45, 7) is 2.57. The van der Waals surface area contributed by atoms with E-state index in [1.807, 2.05) is 0 Å². The van der Waals surface area contributed by atoms with E-state index >= 15 is 0 Å². The fourth-order valence-corrected chi connectivity index (χ4v) is 1.78. The van der Waals surface area contributed by atoms with Gasteiger partial charge in [-0.3, -0.25) is 9.69 Å². The number of amides is 3. The van der Waals surface area contributed by atoms with Gasteiger partial charge in [0.05, 0.1) is 25.3 Å². The smallest absolute Gasteiger partial charge is 0.337 e. The summed E-state index contributed by atoms with van der Waals surface area (Å²) < 4.78 is 4.97. The average molecular weight is 298 g/mol. The highest BCUT2D eigenvalue weighted by Crippen LogP contribution is 2.09. The van der Waals surface area contributed by atoms with Gasteiger partial charge in [-0.05, 0) is 14.0 Å². The first kappa shape index (κ1) is 17.0. The van der Waals surface area contributed by atoms with E-state index < -0.39 is 5.97 Å². The minimum atomic E-state index is -0.465. The Balaban J connectivity index is 2.80. The standard InChI is InChI=1S/C13H22N4O4/c1-5-21-12(19)9-6-14-13(20)15-10(9)7-17(4)8-11(18)16(2)3/h5-8H2,1-4H3,(H2,14,15,20). The summed E-state index contributed by atoms with van der Waals surface area (Å²) in [6, 6.07) is -0.370. The monoisotopic (exact) mass is 298 g/mol. The lowest BCUT2D eigenvalue weighted by molar-refractivity contribution is -0.138. The fraction of sp³-hybridized carbons (Fsp3) is 0.615. The molecule has 0 radical (unpaired) electrons. The van der Waals surface area contributed by atoms with Crippen LogP contribution < -0.4 is 10.6 Å². The number of ether oxygens (including phenoxy) is 1. The van der Waals surface area contributed by atoms with E-state index in [1.54, 1.807) is 33.0 Å². The zero-order valence-electron chi connectivity index (χ0n) is 12.9. The Morgan fingerprint density at radius 2 is 1.95 bits per heavy atom. The van der Waals surface area contributed by atoms with Gasteiger partial charge in [0, 0.05) is 26.3 Å². The number of carbonyl (C=O) groups is 3. The Bertz CT molecular complexity index is 459. The third kappa shape index (κ3) is 5.07. The van der Waals surface area contributed by atoms with Gasteiger partial charge in [0.1, 0.15) is 0 Å². The first-order valence-corrected chi connectivity index (χ1v) is 6.67. The van der Waals surface area contributed by atoms with Gasteiger partial charge >= 0.3 is 12.0 Å². The summed E-state index contributed by atoms with van der Waals surface area (Å²) in [5.41, 5.74) is 0.840. The molecule has 3 amide bonds. The van der Waals surface area contributed by atoms with E-state index in [0.717, 1.165) is 0 Å². The minimum Gasteiger partial charge on any atom is -0.463 e. The van der Waals surface area contributed by atoms with Crippen LogP contribution in [-0.4, -0.2) is 75.1 Å². The molecule has 21 heavy (non-hydrogen) atoms. The zero-order valence-corrected chi connectivity index (χ0v) is 12.9. The second-order valence-corrected chi connectivity index (χ2v) is 4.95. The number of nitrogens with one attached hydrogen (secondary N) is 2. The predicted octanol–water partition coefficient (Wildman–Crippen LogP) is -0.864. The first-order valence-electron chi connectivity index (χ1n) is 6.67. The lowest BCUT2D eigenvalue weighted by Gasteiger charge is -2.25. The molecule has 0 saturated carbocycles. The highest BCUT2D eigenvalue weighted by Gasteiger charge is 2.24. The molecule has 118 valence electrons. The summed E-state index contributed by atoms with van der Waals surface area (Å²) in [7, 11) is 5.09. The van der Waals surface area contributed by atoms with Crippen LogP contribution >= 0.6 is 0 Å². The van der Waals surface area contributed by atoms with E-state index in [1.165, 1.54) is 4.90 Å². The Kier molecular flexibility index (Phi) is 6.16. The molecule has 0 unspecified atom stereocenters. The molecule has 0 aromatic carbocycles. The van der Waals surface area contributed by atoms with Crippen molar-refractivity contribution in [3.8, 4) is 0 Å².